The molecule has 148 valence electrons. The highest BCUT2D eigenvalue weighted by Crippen LogP contribution is 2.41. The van der Waals surface area contributed by atoms with Crippen LogP contribution in [0.25, 0.3) is 6.08 Å². The molecular weight excluding hydrogens is 390 g/mol. The van der Waals surface area contributed by atoms with Crippen LogP contribution < -0.4 is 9.47 Å². The Balaban J connectivity index is 1.72. The number of carbonyl (C=O) groups is 1. The van der Waals surface area contributed by atoms with Crippen LogP contribution in [0.4, 0.5) is 5.69 Å². The number of ether oxygens (including phenoxy) is 3. The van der Waals surface area contributed by atoms with Crippen LogP contribution in [0.2, 0.25) is 0 Å². The van der Waals surface area contributed by atoms with E-state index in [0.717, 1.165) is 11.1 Å². The van der Waals surface area contributed by atoms with E-state index >= 15 is 0 Å². The second-order valence-electron chi connectivity index (χ2n) is 6.42. The third-order valence-electron chi connectivity index (χ3n) is 4.33. The molecule has 1 N–H and O–H groups in total. The van der Waals surface area contributed by atoms with Gasteiger partial charge >= 0.3 is 5.97 Å². The van der Waals surface area contributed by atoms with Crippen molar-refractivity contribution in [1.82, 2.24) is 0 Å². The van der Waals surface area contributed by atoms with Crippen molar-refractivity contribution in [2.75, 3.05) is 13.4 Å². The Morgan fingerprint density at radius 2 is 1.97 bits per heavy atom. The summed E-state index contributed by atoms with van der Waals surface area (Å²) in [4.78, 5) is 17.5. The molecule has 0 saturated heterocycles. The fourth-order valence-corrected chi connectivity index (χ4v) is 3.92. The maximum absolute atomic E-state index is 12.5. The van der Waals surface area contributed by atoms with E-state index < -0.39 is 5.97 Å². The summed E-state index contributed by atoms with van der Waals surface area (Å²) in [6.07, 6.45) is 1.78. The van der Waals surface area contributed by atoms with Gasteiger partial charge in [-0.2, -0.15) is 0 Å². The lowest BCUT2D eigenvalue weighted by atomic mass is 10.1. The number of fused-ring (bicyclic) bond motifs is 1. The molecule has 0 fully saturated rings. The molecule has 7 heteroatoms. The lowest BCUT2D eigenvalue weighted by molar-refractivity contribution is -0.138. The standard InChI is InChI=1S/C22H19NO5S/c1-3-26-22(25)19-20(24)18(11-14-6-9-16-17(10-14)28-12-27-16)29-21(19)23-15-7-4-13(2)5-8-15/h4-11,24H,3,12H2,1-2H3/b18-11-,23-21?. The molecule has 0 aromatic heterocycles. The van der Waals surface area contributed by atoms with Gasteiger partial charge in [-0.25, -0.2) is 9.79 Å². The number of aliphatic hydroxyl groups is 1. The van der Waals surface area contributed by atoms with Crippen molar-refractivity contribution in [3.63, 3.8) is 0 Å². The van der Waals surface area contributed by atoms with Crippen LogP contribution >= 0.6 is 11.8 Å². The number of nitrogens with zero attached hydrogens (tertiary/aromatic N) is 1. The van der Waals surface area contributed by atoms with Gasteiger partial charge in [-0.15, -0.1) is 0 Å². The minimum atomic E-state index is -0.600. The minimum Gasteiger partial charge on any atom is -0.506 e. The van der Waals surface area contributed by atoms with Crippen molar-refractivity contribution in [3.8, 4) is 11.5 Å². The molecule has 6 nitrogen and oxygen atoms in total. The summed E-state index contributed by atoms with van der Waals surface area (Å²) in [6, 6.07) is 13.1. The highest BCUT2D eigenvalue weighted by atomic mass is 32.2. The molecule has 2 aromatic carbocycles. The van der Waals surface area contributed by atoms with Crippen molar-refractivity contribution in [1.29, 1.82) is 0 Å². The number of hydrogen-bond donors (Lipinski definition) is 1. The van der Waals surface area contributed by atoms with Gasteiger partial charge in [-0.3, -0.25) is 0 Å². The van der Waals surface area contributed by atoms with Crippen LogP contribution in [-0.2, 0) is 9.53 Å². The smallest absolute Gasteiger partial charge is 0.344 e. The Hall–Kier alpha value is -3.19. The van der Waals surface area contributed by atoms with Crippen LogP contribution in [0.3, 0.4) is 0 Å². The summed E-state index contributed by atoms with van der Waals surface area (Å²) >= 11 is 1.22. The Bertz CT molecular complexity index is 1050. The van der Waals surface area contributed by atoms with Crippen LogP contribution in [-0.4, -0.2) is 29.5 Å². The van der Waals surface area contributed by atoms with Crippen LogP contribution in [0.15, 0.2) is 63.7 Å². The van der Waals surface area contributed by atoms with Crippen LogP contribution in [0.1, 0.15) is 18.1 Å². The molecule has 0 saturated carbocycles. The monoisotopic (exact) mass is 409 g/mol. The third kappa shape index (κ3) is 4.00. The number of rotatable bonds is 4. The van der Waals surface area contributed by atoms with Crippen LogP contribution in [0.5, 0.6) is 11.5 Å². The Kier molecular flexibility index (Phi) is 5.31. The fourth-order valence-electron chi connectivity index (χ4n) is 2.88. The molecular formula is C22H19NO5S. The van der Waals surface area contributed by atoms with Crippen molar-refractivity contribution < 1.29 is 24.1 Å². The summed E-state index contributed by atoms with van der Waals surface area (Å²) < 4.78 is 15.9. The molecule has 0 spiro atoms. The molecule has 0 aliphatic carbocycles. The maximum Gasteiger partial charge on any atom is 0.344 e. The second-order valence-corrected chi connectivity index (χ2v) is 7.45. The highest BCUT2D eigenvalue weighted by Gasteiger charge is 2.33. The zero-order chi connectivity index (χ0) is 20.4. The molecule has 2 aliphatic rings. The first-order chi connectivity index (χ1) is 14.0. The lowest BCUT2D eigenvalue weighted by Crippen LogP contribution is -2.12. The summed E-state index contributed by atoms with van der Waals surface area (Å²) in [5.74, 6) is 0.583. The quantitative estimate of drug-likeness (QED) is 0.723. The number of aliphatic hydroxyl groups excluding tert-OH is 1. The average molecular weight is 409 g/mol. The number of aryl methyl sites for hydroxylation is 1. The van der Waals surface area contributed by atoms with E-state index in [2.05, 4.69) is 4.99 Å². The third-order valence-corrected chi connectivity index (χ3v) is 5.35. The normalized spacial score (nSPS) is 18.0. The summed E-state index contributed by atoms with van der Waals surface area (Å²) in [7, 11) is 0. The lowest BCUT2D eigenvalue weighted by Gasteiger charge is -2.04. The Morgan fingerprint density at radius 3 is 2.72 bits per heavy atom. The van der Waals surface area contributed by atoms with Gasteiger partial charge in [-0.1, -0.05) is 35.5 Å². The number of hydrogen-bond acceptors (Lipinski definition) is 7. The molecule has 0 unspecified atom stereocenters. The van der Waals surface area contributed by atoms with E-state index in [1.165, 1.54) is 11.8 Å². The van der Waals surface area contributed by atoms with E-state index in [9.17, 15) is 9.90 Å². The van der Waals surface area contributed by atoms with Crippen molar-refractivity contribution in [2.45, 2.75) is 13.8 Å². The van der Waals surface area contributed by atoms with Gasteiger partial charge in [0.25, 0.3) is 0 Å². The molecule has 0 radical (unpaired) electrons. The van der Waals surface area contributed by atoms with E-state index in [-0.39, 0.29) is 24.7 Å². The van der Waals surface area contributed by atoms with E-state index in [1.54, 1.807) is 13.0 Å². The first-order valence-electron chi connectivity index (χ1n) is 9.11. The van der Waals surface area contributed by atoms with Crippen molar-refractivity contribution in [3.05, 3.63) is 69.8 Å². The largest absolute Gasteiger partial charge is 0.506 e. The van der Waals surface area contributed by atoms with Crippen LogP contribution in [0, 0.1) is 6.92 Å². The van der Waals surface area contributed by atoms with Crippen molar-refractivity contribution >= 4 is 34.5 Å². The fraction of sp³-hybridized carbons (Fsp3) is 0.182. The highest BCUT2D eigenvalue weighted by molar-refractivity contribution is 8.18. The second kappa shape index (κ2) is 8.05. The van der Waals surface area contributed by atoms with Gasteiger partial charge in [0.05, 0.1) is 17.2 Å². The number of aliphatic imine (C=N–C) groups is 1. The Labute approximate surface area is 172 Å². The number of benzene rings is 2. The molecule has 29 heavy (non-hydrogen) atoms. The molecule has 2 aliphatic heterocycles. The summed E-state index contributed by atoms with van der Waals surface area (Å²) in [5.41, 5.74) is 2.69. The van der Waals surface area contributed by atoms with E-state index in [0.29, 0.717) is 27.1 Å². The summed E-state index contributed by atoms with van der Waals surface area (Å²) in [5, 5.41) is 11.1. The average Bonchev–Trinajstić information content (AvgIpc) is 3.28. The molecule has 0 amide bonds. The first kappa shape index (κ1) is 19.1. The first-order valence-corrected chi connectivity index (χ1v) is 9.92. The Morgan fingerprint density at radius 1 is 1.21 bits per heavy atom. The van der Waals surface area contributed by atoms with Gasteiger partial charge in [0.15, 0.2) is 11.5 Å². The zero-order valence-electron chi connectivity index (χ0n) is 16.0. The van der Waals surface area contributed by atoms with E-state index in [1.807, 2.05) is 49.4 Å². The van der Waals surface area contributed by atoms with Crippen molar-refractivity contribution in [2.24, 2.45) is 4.99 Å². The molecule has 4 rings (SSSR count). The minimum absolute atomic E-state index is 0.0735. The maximum atomic E-state index is 12.5. The molecule has 0 bridgehead atoms. The number of thioether (sulfide) groups is 1. The number of carbonyl (C=O) groups excluding carboxylic acids is 1. The van der Waals surface area contributed by atoms with Gasteiger partial charge in [0.1, 0.15) is 16.4 Å². The van der Waals surface area contributed by atoms with Gasteiger partial charge in [0, 0.05) is 0 Å². The van der Waals surface area contributed by atoms with E-state index in [4.69, 9.17) is 14.2 Å². The number of esters is 1. The molecule has 2 heterocycles. The van der Waals surface area contributed by atoms with Gasteiger partial charge in [-0.05, 0) is 49.8 Å². The SMILES string of the molecule is CCOC(=O)C1=C(O)/C(=C/c2ccc3c(c2)OCO3)SC1=Nc1ccc(C)cc1. The zero-order valence-corrected chi connectivity index (χ0v) is 16.8. The van der Waals surface area contributed by atoms with Gasteiger partial charge < -0.3 is 19.3 Å². The molecule has 2 aromatic rings. The predicted octanol–water partition coefficient (Wildman–Crippen LogP) is 4.92. The summed E-state index contributed by atoms with van der Waals surface area (Å²) in [6.45, 7) is 4.11. The molecule has 0 atom stereocenters. The predicted molar refractivity (Wildman–Crippen MR) is 113 cm³/mol. The topological polar surface area (TPSA) is 77.4 Å². The van der Waals surface area contributed by atoms with Gasteiger partial charge in [0.2, 0.25) is 6.79 Å².